The van der Waals surface area contributed by atoms with E-state index in [0.29, 0.717) is 18.4 Å². The summed E-state index contributed by atoms with van der Waals surface area (Å²) in [5.41, 5.74) is 0.824. The molecule has 0 spiro atoms. The number of Topliss-reactive ketones (excluding diaryl/α,β-unsaturated/α-hetero) is 1. The summed E-state index contributed by atoms with van der Waals surface area (Å²) in [4.78, 5) is 12.9. The molecule has 0 aliphatic heterocycles. The van der Waals surface area contributed by atoms with E-state index in [1.165, 1.54) is 5.56 Å². The zero-order chi connectivity index (χ0) is 16.6. The first-order valence-electron chi connectivity index (χ1n) is 7.83. The lowest BCUT2D eigenvalue weighted by atomic mass is 9.80. The second-order valence-corrected chi connectivity index (χ2v) is 10.8. The van der Waals surface area contributed by atoms with Gasteiger partial charge in [-0.1, -0.05) is 96.2 Å². The minimum absolute atomic E-state index is 0.0586. The van der Waals surface area contributed by atoms with Crippen LogP contribution in [0.25, 0.3) is 0 Å². The van der Waals surface area contributed by atoms with Crippen molar-refractivity contribution in [3.8, 4) is 0 Å². The highest BCUT2D eigenvalue weighted by Gasteiger charge is 2.52. The number of hydrogen-bond acceptors (Lipinski definition) is 2. The summed E-state index contributed by atoms with van der Waals surface area (Å²) in [5.74, 6) is -0.114. The third kappa shape index (κ3) is 3.49. The third-order valence-corrected chi connectivity index (χ3v) is 6.76. The van der Waals surface area contributed by atoms with Crippen LogP contribution in [-0.4, -0.2) is 19.7 Å². The van der Waals surface area contributed by atoms with Crippen molar-refractivity contribution < 1.29 is 9.90 Å². The van der Waals surface area contributed by atoms with Gasteiger partial charge in [-0.3, -0.25) is 4.79 Å². The van der Waals surface area contributed by atoms with Crippen LogP contribution in [0, 0.1) is 0 Å². The third-order valence-electron chi connectivity index (χ3n) is 4.56. The van der Waals surface area contributed by atoms with Crippen molar-refractivity contribution in [2.75, 3.05) is 0 Å². The summed E-state index contributed by atoms with van der Waals surface area (Å²) in [6.45, 7) is 6.44. The molecule has 1 aromatic rings. The van der Waals surface area contributed by atoms with E-state index in [9.17, 15) is 9.90 Å². The molecule has 1 N–H and O–H groups in total. The molecule has 0 unspecified atom stereocenters. The zero-order valence-corrected chi connectivity index (χ0v) is 16.6. The normalized spacial score (nSPS) is 19.0. The Bertz CT molecular complexity index is 535. The quantitative estimate of drug-likeness (QED) is 0.517. The molecule has 122 valence electrons. The van der Waals surface area contributed by atoms with Gasteiger partial charge < -0.3 is 5.11 Å². The molecule has 0 atom stereocenters. The first kappa shape index (κ1) is 18.2. The molecule has 0 bridgehead atoms. The van der Waals surface area contributed by atoms with Gasteiger partial charge in [-0.2, -0.15) is 0 Å². The van der Waals surface area contributed by atoms with E-state index < -0.39 is 8.83 Å². The maximum absolute atomic E-state index is 12.9. The first-order valence-corrected chi connectivity index (χ1v) is 9.42. The first-order chi connectivity index (χ1) is 10.1. The molecule has 0 saturated heterocycles. The Kier molecular flexibility index (Phi) is 5.25. The maximum Gasteiger partial charge on any atom is 0.193 e. The Morgan fingerprint density at radius 2 is 1.55 bits per heavy atom. The number of hydrogen-bond donors (Lipinski definition) is 1. The molecule has 22 heavy (non-hydrogen) atoms. The Balaban J connectivity index is 2.26. The summed E-state index contributed by atoms with van der Waals surface area (Å²) < 4.78 is -1.11. The number of carbonyl (C=O) groups is 1. The lowest BCUT2D eigenvalue weighted by Gasteiger charge is -2.41. The van der Waals surface area contributed by atoms with E-state index in [1.807, 2.05) is 24.3 Å². The van der Waals surface area contributed by atoms with Crippen LogP contribution in [-0.2, 0) is 5.41 Å². The highest BCUT2D eigenvalue weighted by atomic mass is 79.9. The monoisotopic (exact) mass is 430 g/mol. The molecule has 1 saturated carbocycles. The topological polar surface area (TPSA) is 37.3 Å². The smallest absolute Gasteiger partial charge is 0.193 e. The molecule has 2 rings (SSSR count). The molecule has 2 nitrogen and oxygen atoms in total. The average molecular weight is 432 g/mol. The van der Waals surface area contributed by atoms with E-state index in [2.05, 4.69) is 52.6 Å². The SMILES string of the molecule is CC(C)(C)c1ccc(C(=O)C(Br)(Br)C2(O)CCCCC2)cc1. The summed E-state index contributed by atoms with van der Waals surface area (Å²) in [7, 11) is 0. The van der Waals surface area contributed by atoms with Crippen LogP contribution in [0.2, 0.25) is 0 Å². The molecule has 0 aromatic heterocycles. The molecule has 1 aliphatic rings. The Morgan fingerprint density at radius 1 is 1.05 bits per heavy atom. The highest BCUT2D eigenvalue weighted by molar-refractivity contribution is 9.26. The highest BCUT2D eigenvalue weighted by Crippen LogP contribution is 2.48. The van der Waals surface area contributed by atoms with Gasteiger partial charge in [0.1, 0.15) is 0 Å². The van der Waals surface area contributed by atoms with E-state index in [1.54, 1.807) is 0 Å². The van der Waals surface area contributed by atoms with Crippen LogP contribution in [0.1, 0.15) is 68.8 Å². The van der Waals surface area contributed by atoms with Crippen molar-refractivity contribution in [3.05, 3.63) is 35.4 Å². The standard InChI is InChI=1S/C18H24Br2O2/c1-16(2,3)14-9-7-13(8-10-14)15(21)18(19,20)17(22)11-5-4-6-12-17/h7-10,22H,4-6,11-12H2,1-3H3. The fraction of sp³-hybridized carbons (Fsp3) is 0.611. The van der Waals surface area contributed by atoms with Crippen LogP contribution >= 0.6 is 31.9 Å². The fourth-order valence-electron chi connectivity index (χ4n) is 2.96. The number of alkyl halides is 2. The summed E-state index contributed by atoms with van der Waals surface area (Å²) >= 11 is 6.95. The molecule has 0 heterocycles. The minimum Gasteiger partial charge on any atom is -0.387 e. The van der Waals surface area contributed by atoms with Crippen molar-refractivity contribution in [3.63, 3.8) is 0 Å². The lowest BCUT2D eigenvalue weighted by Crippen LogP contribution is -2.52. The lowest BCUT2D eigenvalue weighted by molar-refractivity contribution is 0.000490. The molecular formula is C18H24Br2O2. The molecular weight excluding hydrogens is 408 g/mol. The fourth-order valence-corrected chi connectivity index (χ4v) is 4.22. The predicted octanol–water partition coefficient (Wildman–Crippen LogP) is 5.35. The van der Waals surface area contributed by atoms with Gasteiger partial charge in [0.25, 0.3) is 0 Å². The van der Waals surface area contributed by atoms with Gasteiger partial charge in [-0.15, -0.1) is 0 Å². The number of benzene rings is 1. The number of aliphatic hydroxyl groups is 1. The number of ketones is 1. The van der Waals surface area contributed by atoms with Gasteiger partial charge in [0.15, 0.2) is 9.02 Å². The number of rotatable bonds is 3. The average Bonchev–Trinajstić information content (AvgIpc) is 2.46. The van der Waals surface area contributed by atoms with Gasteiger partial charge in [0, 0.05) is 5.56 Å². The summed E-state index contributed by atoms with van der Waals surface area (Å²) in [6, 6.07) is 7.70. The molecule has 1 aliphatic carbocycles. The van der Waals surface area contributed by atoms with E-state index in [4.69, 9.17) is 0 Å². The van der Waals surface area contributed by atoms with E-state index >= 15 is 0 Å². The minimum atomic E-state index is -1.11. The largest absolute Gasteiger partial charge is 0.387 e. The summed E-state index contributed by atoms with van der Waals surface area (Å²) in [5, 5.41) is 10.9. The Morgan fingerprint density at radius 3 is 2.00 bits per heavy atom. The zero-order valence-electron chi connectivity index (χ0n) is 13.5. The second-order valence-electron chi connectivity index (χ2n) is 7.32. The van der Waals surface area contributed by atoms with Crippen LogP contribution in [0.4, 0.5) is 0 Å². The van der Waals surface area contributed by atoms with E-state index in [-0.39, 0.29) is 11.2 Å². The van der Waals surface area contributed by atoms with Gasteiger partial charge in [-0.25, -0.2) is 0 Å². The van der Waals surface area contributed by atoms with Crippen LogP contribution in [0.5, 0.6) is 0 Å². The second kappa shape index (κ2) is 6.37. The van der Waals surface area contributed by atoms with Crippen LogP contribution in [0.3, 0.4) is 0 Å². The molecule has 1 aromatic carbocycles. The Hall–Kier alpha value is -0.190. The summed E-state index contributed by atoms with van der Waals surface area (Å²) in [6.07, 6.45) is 4.29. The Labute approximate surface area is 149 Å². The van der Waals surface area contributed by atoms with Gasteiger partial charge in [-0.05, 0) is 23.8 Å². The molecule has 1 fully saturated rings. The van der Waals surface area contributed by atoms with Crippen LogP contribution < -0.4 is 0 Å². The van der Waals surface area contributed by atoms with Crippen molar-refractivity contribution in [2.45, 2.75) is 67.1 Å². The maximum atomic E-state index is 12.9. The number of carbonyl (C=O) groups excluding carboxylic acids is 1. The van der Waals surface area contributed by atoms with Crippen molar-refractivity contribution in [1.82, 2.24) is 0 Å². The van der Waals surface area contributed by atoms with Crippen molar-refractivity contribution in [1.29, 1.82) is 0 Å². The molecule has 0 radical (unpaired) electrons. The van der Waals surface area contributed by atoms with Crippen LogP contribution in [0.15, 0.2) is 24.3 Å². The van der Waals surface area contributed by atoms with Crippen molar-refractivity contribution in [2.24, 2.45) is 0 Å². The van der Waals surface area contributed by atoms with Gasteiger partial charge in [0.2, 0.25) is 0 Å². The molecule has 0 amide bonds. The van der Waals surface area contributed by atoms with Gasteiger partial charge in [0.05, 0.1) is 5.60 Å². The number of halogens is 2. The van der Waals surface area contributed by atoms with E-state index in [0.717, 1.165) is 19.3 Å². The predicted molar refractivity (Wildman–Crippen MR) is 98.1 cm³/mol. The van der Waals surface area contributed by atoms with Gasteiger partial charge >= 0.3 is 0 Å². The van der Waals surface area contributed by atoms with Crippen molar-refractivity contribution >= 4 is 37.6 Å². The molecule has 4 heteroatoms.